The zero-order chi connectivity index (χ0) is 13.5. The normalized spacial score (nSPS) is 14.4. The molecule has 5 heteroatoms. The molecule has 2 aromatic heterocycles. The van der Waals surface area contributed by atoms with E-state index in [1.165, 1.54) is 0 Å². The van der Waals surface area contributed by atoms with Gasteiger partial charge in [0.1, 0.15) is 5.58 Å². The van der Waals surface area contributed by atoms with Crippen LogP contribution >= 0.6 is 0 Å². The Kier molecular flexibility index (Phi) is 2.47. The molecule has 2 N–H and O–H groups in total. The quantitative estimate of drug-likeness (QED) is 0.705. The average Bonchev–Trinajstić information content (AvgIpc) is 2.91. The van der Waals surface area contributed by atoms with Crippen molar-refractivity contribution < 1.29 is 4.42 Å². The summed E-state index contributed by atoms with van der Waals surface area (Å²) in [5.41, 5.74) is 2.33. The van der Waals surface area contributed by atoms with Gasteiger partial charge in [0.25, 0.3) is 5.56 Å². The third kappa shape index (κ3) is 1.75. The Balaban J connectivity index is 1.89. The lowest BCUT2D eigenvalue weighted by Gasteiger charge is -2.15. The maximum atomic E-state index is 12.1. The first kappa shape index (κ1) is 11.4. The summed E-state index contributed by atoms with van der Waals surface area (Å²) in [6.45, 7) is 1.45. The van der Waals surface area contributed by atoms with Crippen LogP contribution in [0, 0.1) is 0 Å². The highest BCUT2D eigenvalue weighted by Gasteiger charge is 2.17. The van der Waals surface area contributed by atoms with E-state index in [1.54, 1.807) is 0 Å². The van der Waals surface area contributed by atoms with Gasteiger partial charge >= 0.3 is 0 Å². The van der Waals surface area contributed by atoms with Crippen molar-refractivity contribution in [3.8, 4) is 11.6 Å². The summed E-state index contributed by atoms with van der Waals surface area (Å²) in [5.74, 6) is 1.09. The SMILES string of the molecule is O=c1[nH]c(-c2cc3ccccc3o2)nc2c1CCNC2. The number of fused-ring (bicyclic) bond motifs is 2. The van der Waals surface area contributed by atoms with Crippen LogP contribution in [0.5, 0.6) is 0 Å². The van der Waals surface area contributed by atoms with Crippen LogP contribution in [-0.4, -0.2) is 16.5 Å². The zero-order valence-electron chi connectivity index (χ0n) is 10.8. The highest BCUT2D eigenvalue weighted by atomic mass is 16.3. The van der Waals surface area contributed by atoms with Crippen molar-refractivity contribution in [2.75, 3.05) is 6.54 Å². The molecular formula is C15H13N3O2. The molecule has 0 aliphatic carbocycles. The number of nitrogens with zero attached hydrogens (tertiary/aromatic N) is 1. The molecule has 0 spiro atoms. The summed E-state index contributed by atoms with van der Waals surface area (Å²) in [6.07, 6.45) is 0.720. The molecule has 1 aliphatic heterocycles. The maximum absolute atomic E-state index is 12.1. The van der Waals surface area contributed by atoms with Gasteiger partial charge in [-0.1, -0.05) is 18.2 Å². The van der Waals surface area contributed by atoms with Crippen molar-refractivity contribution in [2.45, 2.75) is 13.0 Å². The van der Waals surface area contributed by atoms with Gasteiger partial charge < -0.3 is 14.7 Å². The van der Waals surface area contributed by atoms with Crippen molar-refractivity contribution >= 4 is 11.0 Å². The number of nitrogens with one attached hydrogen (secondary N) is 2. The Morgan fingerprint density at radius 3 is 3.05 bits per heavy atom. The Hall–Kier alpha value is -2.40. The molecule has 0 amide bonds. The van der Waals surface area contributed by atoms with Crippen molar-refractivity contribution in [3.63, 3.8) is 0 Å². The molecule has 0 fully saturated rings. The molecule has 100 valence electrons. The largest absolute Gasteiger partial charge is 0.453 e. The molecule has 0 bridgehead atoms. The summed E-state index contributed by atoms with van der Waals surface area (Å²) in [7, 11) is 0. The van der Waals surface area contributed by atoms with E-state index < -0.39 is 0 Å². The van der Waals surface area contributed by atoms with Crippen LogP contribution in [0.25, 0.3) is 22.6 Å². The Labute approximate surface area is 114 Å². The molecule has 0 atom stereocenters. The second-order valence-electron chi connectivity index (χ2n) is 4.92. The fourth-order valence-electron chi connectivity index (χ4n) is 2.58. The number of aromatic nitrogens is 2. The number of H-pyrrole nitrogens is 1. The van der Waals surface area contributed by atoms with Gasteiger partial charge in [-0.15, -0.1) is 0 Å². The number of aromatic amines is 1. The zero-order valence-corrected chi connectivity index (χ0v) is 10.8. The van der Waals surface area contributed by atoms with Crippen LogP contribution in [0.1, 0.15) is 11.3 Å². The van der Waals surface area contributed by atoms with Gasteiger partial charge in [0.2, 0.25) is 0 Å². The van der Waals surface area contributed by atoms with E-state index >= 15 is 0 Å². The van der Waals surface area contributed by atoms with Crippen LogP contribution in [0.4, 0.5) is 0 Å². The fraction of sp³-hybridized carbons (Fsp3) is 0.200. The second kappa shape index (κ2) is 4.31. The predicted molar refractivity (Wildman–Crippen MR) is 75.5 cm³/mol. The molecule has 0 unspecified atom stereocenters. The predicted octanol–water partition coefficient (Wildman–Crippen LogP) is 1.83. The van der Waals surface area contributed by atoms with E-state index in [0.29, 0.717) is 18.1 Å². The van der Waals surface area contributed by atoms with Crippen LogP contribution in [0.3, 0.4) is 0 Å². The lowest BCUT2D eigenvalue weighted by Crippen LogP contribution is -2.31. The third-order valence-electron chi connectivity index (χ3n) is 3.60. The number of benzene rings is 1. The van der Waals surface area contributed by atoms with Crippen LogP contribution < -0.4 is 10.9 Å². The Morgan fingerprint density at radius 1 is 1.25 bits per heavy atom. The van der Waals surface area contributed by atoms with E-state index in [2.05, 4.69) is 15.3 Å². The summed E-state index contributed by atoms with van der Waals surface area (Å²) in [6, 6.07) is 9.64. The molecule has 1 aliphatic rings. The maximum Gasteiger partial charge on any atom is 0.254 e. The van der Waals surface area contributed by atoms with E-state index in [1.807, 2.05) is 30.3 Å². The van der Waals surface area contributed by atoms with E-state index in [0.717, 1.165) is 35.2 Å². The number of hydrogen-bond acceptors (Lipinski definition) is 4. The molecule has 20 heavy (non-hydrogen) atoms. The molecule has 4 rings (SSSR count). The first-order chi connectivity index (χ1) is 9.81. The standard InChI is InChI=1S/C15H13N3O2/c19-15-10-5-6-16-8-11(10)17-14(18-15)13-7-9-3-1-2-4-12(9)20-13/h1-4,7,16H,5-6,8H2,(H,17,18,19). The first-order valence-electron chi connectivity index (χ1n) is 6.63. The van der Waals surface area contributed by atoms with Crippen LogP contribution in [0.15, 0.2) is 39.5 Å². The third-order valence-corrected chi connectivity index (χ3v) is 3.60. The number of furan rings is 1. The second-order valence-corrected chi connectivity index (χ2v) is 4.92. The smallest absolute Gasteiger partial charge is 0.254 e. The van der Waals surface area contributed by atoms with Crippen LogP contribution in [0.2, 0.25) is 0 Å². The van der Waals surface area contributed by atoms with Gasteiger partial charge in [-0.2, -0.15) is 0 Å². The highest BCUT2D eigenvalue weighted by Crippen LogP contribution is 2.25. The summed E-state index contributed by atoms with van der Waals surface area (Å²) >= 11 is 0. The van der Waals surface area contributed by atoms with E-state index in [4.69, 9.17) is 4.42 Å². The monoisotopic (exact) mass is 267 g/mol. The molecule has 3 aromatic rings. The van der Waals surface area contributed by atoms with Crippen LogP contribution in [-0.2, 0) is 13.0 Å². The topological polar surface area (TPSA) is 70.9 Å². The van der Waals surface area contributed by atoms with Gasteiger partial charge in [-0.25, -0.2) is 4.98 Å². The minimum absolute atomic E-state index is 0.0630. The lowest BCUT2D eigenvalue weighted by molar-refractivity contribution is 0.604. The minimum Gasteiger partial charge on any atom is -0.453 e. The fourth-order valence-corrected chi connectivity index (χ4v) is 2.58. The van der Waals surface area contributed by atoms with Gasteiger partial charge in [0, 0.05) is 17.5 Å². The molecule has 0 saturated carbocycles. The van der Waals surface area contributed by atoms with Gasteiger partial charge in [-0.3, -0.25) is 4.79 Å². The molecule has 5 nitrogen and oxygen atoms in total. The number of hydrogen-bond donors (Lipinski definition) is 2. The lowest BCUT2D eigenvalue weighted by atomic mass is 10.1. The van der Waals surface area contributed by atoms with Gasteiger partial charge in [-0.05, 0) is 25.1 Å². The number of para-hydroxylation sites is 1. The molecule has 3 heterocycles. The highest BCUT2D eigenvalue weighted by molar-refractivity contribution is 5.81. The Bertz CT molecular complexity index is 815. The summed E-state index contributed by atoms with van der Waals surface area (Å²) < 4.78 is 5.75. The van der Waals surface area contributed by atoms with Crippen molar-refractivity contribution in [1.29, 1.82) is 0 Å². The van der Waals surface area contributed by atoms with Crippen molar-refractivity contribution in [3.05, 3.63) is 51.9 Å². The Morgan fingerprint density at radius 2 is 2.15 bits per heavy atom. The van der Waals surface area contributed by atoms with Crippen molar-refractivity contribution in [1.82, 2.24) is 15.3 Å². The summed E-state index contributed by atoms with van der Waals surface area (Å²) in [4.78, 5) is 19.5. The minimum atomic E-state index is -0.0630. The van der Waals surface area contributed by atoms with Gasteiger partial charge in [0.15, 0.2) is 11.6 Å². The molecule has 1 aromatic carbocycles. The molecule has 0 saturated heterocycles. The van der Waals surface area contributed by atoms with Crippen molar-refractivity contribution in [2.24, 2.45) is 0 Å². The first-order valence-corrected chi connectivity index (χ1v) is 6.63. The van der Waals surface area contributed by atoms with E-state index in [-0.39, 0.29) is 5.56 Å². The average molecular weight is 267 g/mol. The summed E-state index contributed by atoms with van der Waals surface area (Å²) in [5, 5.41) is 4.23. The molecule has 0 radical (unpaired) electrons. The van der Waals surface area contributed by atoms with Gasteiger partial charge in [0.05, 0.1) is 5.69 Å². The number of rotatable bonds is 1. The van der Waals surface area contributed by atoms with E-state index in [9.17, 15) is 4.79 Å². The molecular weight excluding hydrogens is 254 g/mol.